The van der Waals surface area contributed by atoms with E-state index in [1.54, 1.807) is 12.1 Å². The summed E-state index contributed by atoms with van der Waals surface area (Å²) in [5, 5.41) is 12.1. The number of amides is 2. The van der Waals surface area contributed by atoms with Crippen molar-refractivity contribution in [1.29, 1.82) is 0 Å². The van der Waals surface area contributed by atoms with Gasteiger partial charge in [0.05, 0.1) is 5.92 Å². The van der Waals surface area contributed by atoms with Crippen LogP contribution in [-0.2, 0) is 9.59 Å². The molecule has 2 amide bonds. The molecule has 1 saturated heterocycles. The normalized spacial score (nSPS) is 20.6. The van der Waals surface area contributed by atoms with Crippen molar-refractivity contribution in [2.45, 2.75) is 46.5 Å². The maximum Gasteiger partial charge on any atom is 0.307 e. The number of carbonyl (C=O) groups excluding carboxylic acids is 2. The number of anilines is 1. The Labute approximate surface area is 159 Å². The predicted octanol–water partition coefficient (Wildman–Crippen LogP) is 3.31. The first-order valence-corrected chi connectivity index (χ1v) is 9.64. The van der Waals surface area contributed by atoms with Gasteiger partial charge in [0.1, 0.15) is 0 Å². The SMILES string of the molecule is Cc1cc(C(=O)N2CCC3(CC2)CC3C(=O)O)ccc1NC(=O)CC(C)C. The zero-order valence-electron chi connectivity index (χ0n) is 16.2. The van der Waals surface area contributed by atoms with E-state index in [1.165, 1.54) is 0 Å². The molecule has 1 spiro atoms. The van der Waals surface area contributed by atoms with Crippen LogP contribution in [0.5, 0.6) is 0 Å². The van der Waals surface area contributed by atoms with Crippen molar-refractivity contribution in [2.24, 2.45) is 17.3 Å². The van der Waals surface area contributed by atoms with Gasteiger partial charge in [0.15, 0.2) is 0 Å². The Morgan fingerprint density at radius 1 is 1.26 bits per heavy atom. The fourth-order valence-corrected chi connectivity index (χ4v) is 4.10. The van der Waals surface area contributed by atoms with Crippen LogP contribution < -0.4 is 5.32 Å². The molecule has 1 heterocycles. The molecule has 1 unspecified atom stereocenters. The summed E-state index contributed by atoms with van der Waals surface area (Å²) in [5.41, 5.74) is 2.12. The highest BCUT2D eigenvalue weighted by Crippen LogP contribution is 2.59. The lowest BCUT2D eigenvalue weighted by Gasteiger charge is -2.32. The van der Waals surface area contributed by atoms with Crippen molar-refractivity contribution in [1.82, 2.24) is 4.90 Å². The molecule has 146 valence electrons. The lowest BCUT2D eigenvalue weighted by Crippen LogP contribution is -2.40. The van der Waals surface area contributed by atoms with Crippen LogP contribution in [0.1, 0.15) is 55.5 Å². The Kier molecular flexibility index (Phi) is 5.27. The quantitative estimate of drug-likeness (QED) is 0.830. The number of piperidine rings is 1. The maximum atomic E-state index is 12.8. The highest BCUT2D eigenvalue weighted by Gasteiger charge is 2.59. The van der Waals surface area contributed by atoms with Gasteiger partial charge in [-0.25, -0.2) is 0 Å². The molecular formula is C21H28N2O4. The second kappa shape index (κ2) is 7.33. The molecule has 2 N–H and O–H groups in total. The van der Waals surface area contributed by atoms with E-state index in [4.69, 9.17) is 0 Å². The summed E-state index contributed by atoms with van der Waals surface area (Å²) >= 11 is 0. The minimum atomic E-state index is -0.708. The molecule has 2 fully saturated rings. The summed E-state index contributed by atoms with van der Waals surface area (Å²) in [7, 11) is 0. The van der Waals surface area contributed by atoms with Gasteiger partial charge >= 0.3 is 5.97 Å². The zero-order chi connectivity index (χ0) is 19.8. The highest BCUT2D eigenvalue weighted by molar-refractivity contribution is 5.96. The molecule has 0 radical (unpaired) electrons. The molecule has 2 aliphatic rings. The van der Waals surface area contributed by atoms with E-state index >= 15 is 0 Å². The van der Waals surface area contributed by atoms with Gasteiger partial charge in [-0.05, 0) is 61.3 Å². The lowest BCUT2D eigenvalue weighted by atomic mass is 9.90. The Balaban J connectivity index is 1.60. The van der Waals surface area contributed by atoms with Crippen LogP contribution in [0.2, 0.25) is 0 Å². The standard InChI is InChI=1S/C21H28N2O4/c1-13(2)10-18(24)22-17-5-4-15(11-14(17)3)19(25)23-8-6-21(7-9-23)12-16(21)20(26)27/h4-5,11,13,16H,6-10,12H2,1-3H3,(H,22,24)(H,26,27). The van der Waals surface area contributed by atoms with Crippen molar-refractivity contribution in [3.05, 3.63) is 29.3 Å². The summed E-state index contributed by atoms with van der Waals surface area (Å²) in [6.45, 7) is 7.09. The number of benzene rings is 1. The highest BCUT2D eigenvalue weighted by atomic mass is 16.4. The van der Waals surface area contributed by atoms with E-state index in [-0.39, 0.29) is 23.1 Å². The Hall–Kier alpha value is -2.37. The second-order valence-corrected chi connectivity index (χ2v) is 8.43. The maximum absolute atomic E-state index is 12.8. The van der Waals surface area contributed by atoms with Gasteiger partial charge in [-0.3, -0.25) is 14.4 Å². The minimum absolute atomic E-state index is 0.0223. The molecular weight excluding hydrogens is 344 g/mol. The van der Waals surface area contributed by atoms with Crippen LogP contribution in [0.25, 0.3) is 0 Å². The predicted molar refractivity (Wildman–Crippen MR) is 103 cm³/mol. The van der Waals surface area contributed by atoms with Crippen LogP contribution in [-0.4, -0.2) is 40.9 Å². The molecule has 0 bridgehead atoms. The molecule has 6 nitrogen and oxygen atoms in total. The van der Waals surface area contributed by atoms with Gasteiger partial charge in [0.25, 0.3) is 5.91 Å². The van der Waals surface area contributed by atoms with Crippen LogP contribution in [0.4, 0.5) is 5.69 Å². The molecule has 1 saturated carbocycles. The number of aliphatic carboxylic acids is 1. The fourth-order valence-electron chi connectivity index (χ4n) is 4.10. The zero-order valence-corrected chi connectivity index (χ0v) is 16.2. The van der Waals surface area contributed by atoms with E-state index in [0.717, 1.165) is 30.5 Å². The van der Waals surface area contributed by atoms with Crippen LogP contribution in [0.15, 0.2) is 18.2 Å². The van der Waals surface area contributed by atoms with Gasteiger partial charge in [0, 0.05) is 30.8 Å². The smallest absolute Gasteiger partial charge is 0.307 e. The largest absolute Gasteiger partial charge is 0.481 e. The Bertz CT molecular complexity index is 763. The van der Waals surface area contributed by atoms with Crippen molar-refractivity contribution in [3.63, 3.8) is 0 Å². The molecule has 3 rings (SSSR count). The topological polar surface area (TPSA) is 86.7 Å². The number of rotatable bonds is 5. The first kappa shape index (κ1) is 19.4. The third-order valence-electron chi connectivity index (χ3n) is 5.88. The number of hydrogen-bond acceptors (Lipinski definition) is 3. The van der Waals surface area contributed by atoms with E-state index in [9.17, 15) is 19.5 Å². The van der Waals surface area contributed by atoms with Crippen LogP contribution in [0, 0.1) is 24.2 Å². The average Bonchev–Trinajstić information content (AvgIpc) is 3.30. The Morgan fingerprint density at radius 2 is 1.93 bits per heavy atom. The van der Waals surface area contributed by atoms with Gasteiger partial charge in [0.2, 0.25) is 5.91 Å². The third kappa shape index (κ3) is 4.15. The van der Waals surface area contributed by atoms with E-state index in [2.05, 4.69) is 5.32 Å². The molecule has 1 atom stereocenters. The summed E-state index contributed by atoms with van der Waals surface area (Å²) in [6.07, 6.45) is 2.73. The van der Waals surface area contributed by atoms with Gasteiger partial charge in [-0.1, -0.05) is 13.8 Å². The van der Waals surface area contributed by atoms with E-state index in [1.807, 2.05) is 31.7 Å². The Morgan fingerprint density at radius 3 is 2.44 bits per heavy atom. The fraction of sp³-hybridized carbons (Fsp3) is 0.571. The molecule has 1 aromatic rings. The van der Waals surface area contributed by atoms with Gasteiger partial charge in [-0.2, -0.15) is 0 Å². The number of carboxylic acids is 1. The summed E-state index contributed by atoms with van der Waals surface area (Å²) in [4.78, 5) is 37.7. The first-order valence-electron chi connectivity index (χ1n) is 9.64. The number of carboxylic acid groups (broad SMARTS) is 1. The number of hydrogen-bond donors (Lipinski definition) is 2. The van der Waals surface area contributed by atoms with Gasteiger partial charge < -0.3 is 15.3 Å². The first-order chi connectivity index (χ1) is 12.7. The number of likely N-dealkylation sites (tertiary alicyclic amines) is 1. The number of carbonyl (C=O) groups is 3. The van der Waals surface area contributed by atoms with Crippen LogP contribution >= 0.6 is 0 Å². The summed E-state index contributed by atoms with van der Waals surface area (Å²) < 4.78 is 0. The van der Waals surface area contributed by atoms with E-state index in [0.29, 0.717) is 31.0 Å². The van der Waals surface area contributed by atoms with Crippen molar-refractivity contribution in [3.8, 4) is 0 Å². The van der Waals surface area contributed by atoms with Crippen molar-refractivity contribution < 1.29 is 19.5 Å². The molecule has 1 aliphatic carbocycles. The van der Waals surface area contributed by atoms with Crippen LogP contribution in [0.3, 0.4) is 0 Å². The average molecular weight is 372 g/mol. The number of nitrogens with one attached hydrogen (secondary N) is 1. The lowest BCUT2D eigenvalue weighted by molar-refractivity contribution is -0.139. The minimum Gasteiger partial charge on any atom is -0.481 e. The number of aryl methyl sites for hydroxylation is 1. The molecule has 6 heteroatoms. The van der Waals surface area contributed by atoms with Gasteiger partial charge in [-0.15, -0.1) is 0 Å². The third-order valence-corrected chi connectivity index (χ3v) is 5.88. The second-order valence-electron chi connectivity index (χ2n) is 8.43. The molecule has 0 aromatic heterocycles. The van der Waals surface area contributed by atoms with Crippen molar-refractivity contribution in [2.75, 3.05) is 18.4 Å². The molecule has 1 aliphatic heterocycles. The number of nitrogens with zero attached hydrogens (tertiary/aromatic N) is 1. The summed E-state index contributed by atoms with van der Waals surface area (Å²) in [6, 6.07) is 5.35. The molecule has 1 aromatic carbocycles. The van der Waals surface area contributed by atoms with E-state index < -0.39 is 5.97 Å². The summed E-state index contributed by atoms with van der Waals surface area (Å²) in [5.74, 6) is -0.696. The van der Waals surface area contributed by atoms with Crippen molar-refractivity contribution >= 4 is 23.5 Å². The molecule has 27 heavy (non-hydrogen) atoms. The monoisotopic (exact) mass is 372 g/mol.